The van der Waals surface area contributed by atoms with Crippen molar-refractivity contribution in [2.45, 2.75) is 9.79 Å². The average molecular weight is 281 g/mol. The molecule has 0 atom stereocenters. The number of thioether (sulfide) groups is 2. The van der Waals surface area contributed by atoms with Gasteiger partial charge in [-0.2, -0.15) is 0 Å². The summed E-state index contributed by atoms with van der Waals surface area (Å²) in [6, 6.07) is 4.99. The molecule has 0 aliphatic rings. The van der Waals surface area contributed by atoms with Gasteiger partial charge in [-0.05, 0) is 24.6 Å². The van der Waals surface area contributed by atoms with Crippen molar-refractivity contribution < 1.29 is 19.8 Å². The third kappa shape index (κ3) is 4.73. The molecule has 1 aromatic rings. The van der Waals surface area contributed by atoms with Crippen LogP contribution in [0, 0.1) is 12.3 Å². The van der Waals surface area contributed by atoms with Gasteiger partial charge < -0.3 is 10.2 Å². The van der Waals surface area contributed by atoms with Gasteiger partial charge in [-0.1, -0.05) is 5.92 Å². The van der Waals surface area contributed by atoms with E-state index in [-0.39, 0.29) is 11.5 Å². The average Bonchev–Trinajstić information content (AvgIpc) is 2.33. The van der Waals surface area contributed by atoms with Gasteiger partial charge in [-0.3, -0.25) is 9.59 Å². The van der Waals surface area contributed by atoms with Crippen molar-refractivity contribution in [3.63, 3.8) is 0 Å². The van der Waals surface area contributed by atoms with Gasteiger partial charge >= 0.3 is 11.9 Å². The maximum Gasteiger partial charge on any atom is 0.313 e. The first-order valence-corrected chi connectivity index (χ1v) is 6.76. The summed E-state index contributed by atoms with van der Waals surface area (Å²) >= 11 is 2.23. The summed E-state index contributed by atoms with van der Waals surface area (Å²) in [6.07, 6.45) is 7.10. The van der Waals surface area contributed by atoms with Crippen molar-refractivity contribution in [1.29, 1.82) is 0 Å². The molecule has 2 N–H and O–H groups in total. The lowest BCUT2D eigenvalue weighted by atomic mass is 10.2. The molecule has 1 radical (unpaired) electrons. The van der Waals surface area contributed by atoms with Crippen molar-refractivity contribution in [3.8, 4) is 5.92 Å². The Labute approximate surface area is 113 Å². The van der Waals surface area contributed by atoms with Gasteiger partial charge in [0.2, 0.25) is 0 Å². The lowest BCUT2D eigenvalue weighted by Gasteiger charge is -2.05. The molecule has 0 bridgehead atoms. The van der Waals surface area contributed by atoms with Gasteiger partial charge in [0.1, 0.15) is 0 Å². The molecular weight excluding hydrogens is 272 g/mol. The first-order chi connectivity index (χ1) is 8.52. The van der Waals surface area contributed by atoms with E-state index in [9.17, 15) is 9.59 Å². The normalized spacial score (nSPS) is 9.72. The quantitative estimate of drug-likeness (QED) is 0.613. The Morgan fingerprint density at radius 3 is 2.33 bits per heavy atom. The van der Waals surface area contributed by atoms with Crippen molar-refractivity contribution in [2.75, 3.05) is 11.5 Å². The fraction of sp³-hybridized carbons (Fsp3) is 0.167. The van der Waals surface area contributed by atoms with Gasteiger partial charge in [0.05, 0.1) is 11.5 Å². The number of rotatable bonds is 6. The second kappa shape index (κ2) is 6.99. The minimum absolute atomic E-state index is 0.0588. The second-order valence-corrected chi connectivity index (χ2v) is 5.21. The molecule has 0 saturated heterocycles. The molecule has 93 valence electrons. The third-order valence-corrected chi connectivity index (χ3v) is 3.82. The van der Waals surface area contributed by atoms with Crippen molar-refractivity contribution in [2.24, 2.45) is 0 Å². The summed E-state index contributed by atoms with van der Waals surface area (Å²) in [4.78, 5) is 22.3. The summed E-state index contributed by atoms with van der Waals surface area (Å²) in [6.45, 7) is 0. The Hall–Kier alpha value is -1.58. The van der Waals surface area contributed by atoms with E-state index in [0.717, 1.165) is 28.4 Å². The summed E-state index contributed by atoms with van der Waals surface area (Å²) in [5.41, 5.74) is 0.501. The van der Waals surface area contributed by atoms with Crippen LogP contribution < -0.4 is 0 Å². The van der Waals surface area contributed by atoms with E-state index in [4.69, 9.17) is 16.6 Å². The van der Waals surface area contributed by atoms with Gasteiger partial charge in [-0.25, -0.2) is 0 Å². The monoisotopic (exact) mass is 281 g/mol. The third-order valence-electron chi connectivity index (χ3n) is 1.80. The molecule has 0 aromatic heterocycles. The Morgan fingerprint density at radius 1 is 1.17 bits per heavy atom. The van der Waals surface area contributed by atoms with Crippen LogP contribution in [0.2, 0.25) is 0 Å². The van der Waals surface area contributed by atoms with Crippen LogP contribution in [0.1, 0.15) is 5.56 Å². The molecule has 0 amide bonds. The van der Waals surface area contributed by atoms with E-state index in [0.29, 0.717) is 10.5 Å². The first kappa shape index (κ1) is 14.5. The molecular formula is C12H9O4S2. The Bertz CT molecular complexity index is 505. The largest absolute Gasteiger partial charge is 0.481 e. The number of carbonyl (C=O) groups is 2. The number of hydrogen-bond donors (Lipinski definition) is 2. The minimum Gasteiger partial charge on any atom is -0.481 e. The fourth-order valence-corrected chi connectivity index (χ4v) is 2.59. The van der Waals surface area contributed by atoms with E-state index in [1.165, 1.54) is 0 Å². The lowest BCUT2D eigenvalue weighted by Crippen LogP contribution is -1.99. The molecule has 1 rings (SSSR count). The topological polar surface area (TPSA) is 74.6 Å². The van der Waals surface area contributed by atoms with Crippen LogP contribution in [0.4, 0.5) is 0 Å². The number of aliphatic carboxylic acids is 2. The highest BCUT2D eigenvalue weighted by Gasteiger charge is 2.07. The Kier molecular flexibility index (Phi) is 5.62. The van der Waals surface area contributed by atoms with Gasteiger partial charge in [0.25, 0.3) is 0 Å². The van der Waals surface area contributed by atoms with E-state index in [1.807, 2.05) is 0 Å². The number of carboxylic acids is 2. The molecule has 0 unspecified atom stereocenters. The maximum absolute atomic E-state index is 10.5. The van der Waals surface area contributed by atoms with E-state index in [2.05, 4.69) is 5.92 Å². The van der Waals surface area contributed by atoms with Crippen LogP contribution in [-0.2, 0) is 9.59 Å². The first-order valence-electron chi connectivity index (χ1n) is 4.79. The molecule has 18 heavy (non-hydrogen) atoms. The predicted octanol–water partition coefficient (Wildman–Crippen LogP) is 1.98. The van der Waals surface area contributed by atoms with Crippen LogP contribution in [-0.4, -0.2) is 33.7 Å². The molecule has 0 aliphatic heterocycles. The van der Waals surface area contributed by atoms with E-state index in [1.54, 1.807) is 18.2 Å². The minimum atomic E-state index is -0.945. The number of carboxylic acid groups (broad SMARTS) is 2. The van der Waals surface area contributed by atoms with Gasteiger partial charge in [0, 0.05) is 15.4 Å². The van der Waals surface area contributed by atoms with Crippen LogP contribution in [0.25, 0.3) is 0 Å². The smallest absolute Gasteiger partial charge is 0.313 e. The van der Waals surface area contributed by atoms with E-state index < -0.39 is 11.9 Å². The van der Waals surface area contributed by atoms with Crippen LogP contribution >= 0.6 is 23.5 Å². The Morgan fingerprint density at radius 2 is 1.78 bits per heavy atom. The summed E-state index contributed by atoms with van der Waals surface area (Å²) in [7, 11) is 0. The molecule has 0 aliphatic carbocycles. The number of hydrogen-bond acceptors (Lipinski definition) is 4. The Balaban J connectivity index is 2.84. The van der Waals surface area contributed by atoms with Crippen molar-refractivity contribution >= 4 is 35.5 Å². The second-order valence-electron chi connectivity index (χ2n) is 3.15. The van der Waals surface area contributed by atoms with E-state index >= 15 is 0 Å². The highest BCUT2D eigenvalue weighted by Crippen LogP contribution is 2.28. The molecule has 6 heteroatoms. The fourth-order valence-electron chi connectivity index (χ4n) is 1.10. The molecule has 0 saturated carbocycles. The molecule has 0 heterocycles. The van der Waals surface area contributed by atoms with Crippen LogP contribution in [0.5, 0.6) is 0 Å². The van der Waals surface area contributed by atoms with Crippen molar-refractivity contribution in [3.05, 3.63) is 30.2 Å². The zero-order valence-electron chi connectivity index (χ0n) is 9.17. The zero-order chi connectivity index (χ0) is 13.5. The molecule has 4 nitrogen and oxygen atoms in total. The molecule has 1 aromatic carbocycles. The van der Waals surface area contributed by atoms with Gasteiger partial charge in [-0.15, -0.1) is 23.5 Å². The standard InChI is InChI=1S/C12H9O4S2/c1-2-8-3-4-9(17-6-11(13)14)5-10(8)18-7-12(15)16/h3-5H,6-7H2,(H,13,14)(H,15,16). The molecule has 0 spiro atoms. The van der Waals surface area contributed by atoms with Crippen LogP contribution in [0.3, 0.4) is 0 Å². The zero-order valence-corrected chi connectivity index (χ0v) is 10.8. The maximum atomic E-state index is 10.5. The SMILES string of the molecule is [C]#Cc1ccc(SCC(=O)O)cc1SCC(=O)O. The van der Waals surface area contributed by atoms with Gasteiger partial charge in [0.15, 0.2) is 0 Å². The summed E-state index contributed by atoms with van der Waals surface area (Å²) in [5, 5.41) is 17.2. The highest BCUT2D eigenvalue weighted by molar-refractivity contribution is 8.00. The lowest BCUT2D eigenvalue weighted by molar-refractivity contribution is -0.134. The predicted molar refractivity (Wildman–Crippen MR) is 69.4 cm³/mol. The summed E-state index contributed by atoms with van der Waals surface area (Å²) < 4.78 is 0. The van der Waals surface area contributed by atoms with Crippen molar-refractivity contribution in [1.82, 2.24) is 0 Å². The van der Waals surface area contributed by atoms with Crippen LogP contribution in [0.15, 0.2) is 28.0 Å². The number of benzene rings is 1. The highest BCUT2D eigenvalue weighted by atomic mass is 32.2. The molecule has 0 fully saturated rings. The summed E-state index contributed by atoms with van der Waals surface area (Å²) in [5.74, 6) is 0.195.